The molecule has 1 fully saturated rings. The molecule has 3 N–H and O–H groups in total. The van der Waals surface area contributed by atoms with Crippen LogP contribution in [0.2, 0.25) is 0 Å². The first-order chi connectivity index (χ1) is 14.0. The molecule has 154 valence electrons. The number of nitrogens with one attached hydrogen (secondary N) is 3. The molecular weight excluding hydrogens is 378 g/mol. The van der Waals surface area contributed by atoms with E-state index in [4.69, 9.17) is 0 Å². The van der Waals surface area contributed by atoms with Gasteiger partial charge in [0.25, 0.3) is 0 Å². The molecule has 1 unspecified atom stereocenters. The standard InChI is InChI=1S/C20H24F2N6O/c1-2-24-20(25-12-19(29)26-15-4-3-8-23-11-15)27-16-7-9-28(13-16)18-6-5-14(21)10-17(18)22/h3-6,8,10-11,16H,2,7,9,12-13H2,1H3,(H,26,29)(H2,24,25,27). The van der Waals surface area contributed by atoms with Crippen molar-refractivity contribution in [1.82, 2.24) is 15.6 Å². The predicted octanol–water partition coefficient (Wildman–Crippen LogP) is 2.13. The van der Waals surface area contributed by atoms with Gasteiger partial charge in [-0.25, -0.2) is 13.8 Å². The number of nitrogens with zero attached hydrogens (tertiary/aromatic N) is 3. The Morgan fingerprint density at radius 2 is 2.21 bits per heavy atom. The lowest BCUT2D eigenvalue weighted by Gasteiger charge is -2.21. The number of carbonyl (C=O) groups excluding carboxylic acids is 1. The molecule has 0 radical (unpaired) electrons. The Labute approximate surface area is 168 Å². The zero-order chi connectivity index (χ0) is 20.6. The molecule has 2 heterocycles. The number of rotatable bonds is 6. The zero-order valence-electron chi connectivity index (χ0n) is 16.2. The smallest absolute Gasteiger partial charge is 0.246 e. The average molecular weight is 402 g/mol. The number of aliphatic imine (C=N–C) groups is 1. The number of benzene rings is 1. The van der Waals surface area contributed by atoms with Crippen molar-refractivity contribution < 1.29 is 13.6 Å². The van der Waals surface area contributed by atoms with E-state index >= 15 is 0 Å². The molecule has 2 aromatic rings. The summed E-state index contributed by atoms with van der Waals surface area (Å²) in [5, 5.41) is 9.11. The summed E-state index contributed by atoms with van der Waals surface area (Å²) < 4.78 is 27.1. The molecule has 7 nitrogen and oxygen atoms in total. The Kier molecular flexibility index (Phi) is 6.94. The van der Waals surface area contributed by atoms with E-state index in [1.807, 2.05) is 11.8 Å². The van der Waals surface area contributed by atoms with E-state index in [0.717, 1.165) is 12.5 Å². The van der Waals surface area contributed by atoms with Crippen molar-refractivity contribution in [2.75, 3.05) is 36.4 Å². The Bertz CT molecular complexity index is 861. The molecule has 1 saturated heterocycles. The van der Waals surface area contributed by atoms with Crippen LogP contribution in [0.3, 0.4) is 0 Å². The van der Waals surface area contributed by atoms with Gasteiger partial charge in [0.15, 0.2) is 5.96 Å². The van der Waals surface area contributed by atoms with Crippen molar-refractivity contribution in [3.05, 3.63) is 54.4 Å². The van der Waals surface area contributed by atoms with Gasteiger partial charge in [-0.3, -0.25) is 9.78 Å². The fourth-order valence-corrected chi connectivity index (χ4v) is 3.14. The highest BCUT2D eigenvalue weighted by molar-refractivity contribution is 5.94. The van der Waals surface area contributed by atoms with E-state index in [2.05, 4.69) is 25.9 Å². The van der Waals surface area contributed by atoms with Crippen molar-refractivity contribution in [3.8, 4) is 0 Å². The number of pyridine rings is 1. The number of anilines is 2. The van der Waals surface area contributed by atoms with Gasteiger partial charge in [-0.15, -0.1) is 0 Å². The van der Waals surface area contributed by atoms with Crippen LogP contribution in [0.1, 0.15) is 13.3 Å². The van der Waals surface area contributed by atoms with Gasteiger partial charge in [-0.05, 0) is 37.6 Å². The maximum absolute atomic E-state index is 14.0. The molecule has 1 aromatic carbocycles. The lowest BCUT2D eigenvalue weighted by Crippen LogP contribution is -2.45. The predicted molar refractivity (Wildman–Crippen MR) is 109 cm³/mol. The highest BCUT2D eigenvalue weighted by Crippen LogP contribution is 2.24. The van der Waals surface area contributed by atoms with E-state index in [1.165, 1.54) is 12.1 Å². The van der Waals surface area contributed by atoms with E-state index < -0.39 is 11.6 Å². The van der Waals surface area contributed by atoms with Gasteiger partial charge in [0.05, 0.1) is 17.6 Å². The topological polar surface area (TPSA) is 81.6 Å². The zero-order valence-corrected chi connectivity index (χ0v) is 16.2. The van der Waals surface area contributed by atoms with Crippen LogP contribution in [0.15, 0.2) is 47.7 Å². The van der Waals surface area contributed by atoms with Crippen LogP contribution in [0.5, 0.6) is 0 Å². The van der Waals surface area contributed by atoms with E-state index in [9.17, 15) is 13.6 Å². The minimum absolute atomic E-state index is 0.0265. The number of guanidine groups is 1. The van der Waals surface area contributed by atoms with Crippen molar-refractivity contribution >= 4 is 23.2 Å². The molecule has 1 amide bonds. The summed E-state index contributed by atoms with van der Waals surface area (Å²) >= 11 is 0. The van der Waals surface area contributed by atoms with Crippen LogP contribution < -0.4 is 20.9 Å². The van der Waals surface area contributed by atoms with E-state index in [-0.39, 0.29) is 18.5 Å². The first kappa shape index (κ1) is 20.5. The summed E-state index contributed by atoms with van der Waals surface area (Å²) in [7, 11) is 0. The molecule has 1 atom stereocenters. The number of amides is 1. The van der Waals surface area contributed by atoms with Gasteiger partial charge >= 0.3 is 0 Å². The summed E-state index contributed by atoms with van der Waals surface area (Å²) in [5.74, 6) is -0.901. The molecule has 9 heteroatoms. The quantitative estimate of drug-likeness (QED) is 0.510. The summed E-state index contributed by atoms with van der Waals surface area (Å²) in [5.41, 5.74) is 0.993. The second-order valence-corrected chi connectivity index (χ2v) is 6.66. The normalized spacial score (nSPS) is 16.6. The van der Waals surface area contributed by atoms with Gasteiger partial charge < -0.3 is 20.9 Å². The first-order valence-electron chi connectivity index (χ1n) is 9.50. The maximum Gasteiger partial charge on any atom is 0.246 e. The highest BCUT2D eigenvalue weighted by atomic mass is 19.1. The molecule has 0 spiro atoms. The molecular formula is C20H24F2N6O. The SMILES string of the molecule is CCNC(=NCC(=O)Nc1cccnc1)NC1CCN(c2ccc(F)cc2F)C1. The molecule has 0 saturated carbocycles. The minimum Gasteiger partial charge on any atom is -0.367 e. The Balaban J connectivity index is 1.56. The van der Waals surface area contributed by atoms with Crippen LogP contribution in [-0.2, 0) is 4.79 Å². The third kappa shape index (κ3) is 5.87. The fraction of sp³-hybridized carbons (Fsp3) is 0.350. The number of carbonyl (C=O) groups is 1. The molecule has 1 aliphatic heterocycles. The molecule has 0 bridgehead atoms. The Hall–Kier alpha value is -3.23. The second kappa shape index (κ2) is 9.81. The molecule has 29 heavy (non-hydrogen) atoms. The lowest BCUT2D eigenvalue weighted by molar-refractivity contribution is -0.114. The monoisotopic (exact) mass is 402 g/mol. The van der Waals surface area contributed by atoms with Crippen molar-refractivity contribution in [3.63, 3.8) is 0 Å². The number of halogens is 2. The minimum atomic E-state index is -0.591. The van der Waals surface area contributed by atoms with Gasteiger partial charge in [0, 0.05) is 37.9 Å². The number of hydrogen-bond donors (Lipinski definition) is 3. The van der Waals surface area contributed by atoms with Crippen molar-refractivity contribution in [1.29, 1.82) is 0 Å². The molecule has 3 rings (SSSR count). The van der Waals surface area contributed by atoms with Crippen molar-refractivity contribution in [2.24, 2.45) is 4.99 Å². The molecule has 1 aliphatic rings. The second-order valence-electron chi connectivity index (χ2n) is 6.66. The largest absolute Gasteiger partial charge is 0.367 e. The Morgan fingerprint density at radius 3 is 2.93 bits per heavy atom. The van der Waals surface area contributed by atoms with Crippen LogP contribution in [-0.4, -0.2) is 49.1 Å². The van der Waals surface area contributed by atoms with Gasteiger partial charge in [-0.2, -0.15) is 0 Å². The highest BCUT2D eigenvalue weighted by Gasteiger charge is 2.25. The first-order valence-corrected chi connectivity index (χ1v) is 9.50. The van der Waals surface area contributed by atoms with E-state index in [0.29, 0.717) is 37.0 Å². The summed E-state index contributed by atoms with van der Waals surface area (Å²) in [6, 6.07) is 7.11. The van der Waals surface area contributed by atoms with Gasteiger partial charge in [0.1, 0.15) is 18.2 Å². The molecule has 0 aliphatic carbocycles. The summed E-state index contributed by atoms with van der Waals surface area (Å²) in [6.45, 7) is 3.71. The Morgan fingerprint density at radius 1 is 1.34 bits per heavy atom. The van der Waals surface area contributed by atoms with E-state index in [1.54, 1.807) is 24.5 Å². The van der Waals surface area contributed by atoms with Crippen LogP contribution >= 0.6 is 0 Å². The number of hydrogen-bond acceptors (Lipinski definition) is 4. The van der Waals surface area contributed by atoms with Gasteiger partial charge in [0.2, 0.25) is 5.91 Å². The maximum atomic E-state index is 14.0. The lowest BCUT2D eigenvalue weighted by atomic mass is 10.2. The van der Waals surface area contributed by atoms with Crippen LogP contribution in [0.4, 0.5) is 20.2 Å². The van der Waals surface area contributed by atoms with Crippen LogP contribution in [0.25, 0.3) is 0 Å². The molecule has 1 aromatic heterocycles. The van der Waals surface area contributed by atoms with Gasteiger partial charge in [-0.1, -0.05) is 0 Å². The fourth-order valence-electron chi connectivity index (χ4n) is 3.14. The third-order valence-corrected chi connectivity index (χ3v) is 4.45. The average Bonchev–Trinajstić information content (AvgIpc) is 3.15. The van der Waals surface area contributed by atoms with Crippen molar-refractivity contribution in [2.45, 2.75) is 19.4 Å². The summed E-state index contributed by atoms with van der Waals surface area (Å²) in [6.07, 6.45) is 3.96. The van der Waals surface area contributed by atoms with Crippen LogP contribution in [0, 0.1) is 11.6 Å². The third-order valence-electron chi connectivity index (χ3n) is 4.45. The summed E-state index contributed by atoms with van der Waals surface area (Å²) in [4.78, 5) is 22.2. The number of aromatic nitrogens is 1.